The van der Waals surface area contributed by atoms with Crippen molar-refractivity contribution >= 4 is 17.8 Å². The van der Waals surface area contributed by atoms with Crippen LogP contribution in [0.25, 0.3) is 0 Å². The van der Waals surface area contributed by atoms with Crippen molar-refractivity contribution in [3.8, 4) is 17.2 Å². The third-order valence-corrected chi connectivity index (χ3v) is 5.36. The number of benzene rings is 2. The molecule has 3 atom stereocenters. The molecule has 0 unspecified atom stereocenters. The van der Waals surface area contributed by atoms with Gasteiger partial charge in [0.2, 0.25) is 11.9 Å². The zero-order valence-electron chi connectivity index (χ0n) is 21.2. The Kier molecular flexibility index (Phi) is 8.41. The standard InChI is InChI=1S/C26H31NO9/c1-26(2,3)34-14-19(24(29)33-6)27-25(30)36-23-21(28)18-13-17(32-5)10-11-20(18)35-22(23)15-8-7-9-16(12-15)31-4/h7-13,19,22-23H,14H2,1-6H3,(H,27,30)/t19-,22-,23+/m0/s1. The van der Waals surface area contributed by atoms with Crippen molar-refractivity contribution in [1.29, 1.82) is 0 Å². The SMILES string of the molecule is COC(=O)[C@H](COC(C)(C)C)NC(=O)O[C@@H]1C(=O)c2cc(OC)ccc2O[C@H]1c1cccc(OC)c1. The molecule has 1 N–H and O–H groups in total. The Hall–Kier alpha value is -3.79. The van der Waals surface area contributed by atoms with Gasteiger partial charge in [0.1, 0.15) is 17.2 Å². The molecule has 10 heteroatoms. The largest absolute Gasteiger partial charge is 0.497 e. The molecule has 0 saturated carbocycles. The molecular formula is C26H31NO9. The molecule has 0 aromatic heterocycles. The maximum Gasteiger partial charge on any atom is 0.408 e. The van der Waals surface area contributed by atoms with Gasteiger partial charge in [-0.1, -0.05) is 12.1 Å². The van der Waals surface area contributed by atoms with E-state index in [1.165, 1.54) is 27.4 Å². The average Bonchev–Trinajstić information content (AvgIpc) is 2.86. The fraction of sp³-hybridized carbons (Fsp3) is 0.423. The monoisotopic (exact) mass is 501 g/mol. The second-order valence-corrected chi connectivity index (χ2v) is 9.01. The highest BCUT2D eigenvalue weighted by Crippen LogP contribution is 2.39. The minimum absolute atomic E-state index is 0.153. The number of hydrogen-bond acceptors (Lipinski definition) is 9. The van der Waals surface area contributed by atoms with Crippen LogP contribution in [0.1, 0.15) is 42.8 Å². The Balaban J connectivity index is 1.90. The van der Waals surface area contributed by atoms with Crippen molar-refractivity contribution in [3.05, 3.63) is 53.6 Å². The quantitative estimate of drug-likeness (QED) is 0.542. The number of nitrogens with one attached hydrogen (secondary N) is 1. The lowest BCUT2D eigenvalue weighted by atomic mass is 9.93. The van der Waals surface area contributed by atoms with E-state index >= 15 is 0 Å². The number of carbonyl (C=O) groups is 3. The van der Waals surface area contributed by atoms with Crippen LogP contribution in [-0.2, 0) is 19.0 Å². The van der Waals surface area contributed by atoms with Gasteiger partial charge in [0.05, 0.1) is 39.1 Å². The summed E-state index contributed by atoms with van der Waals surface area (Å²) in [4.78, 5) is 38.6. The first-order chi connectivity index (χ1) is 17.1. The number of methoxy groups -OCH3 is 3. The molecule has 36 heavy (non-hydrogen) atoms. The van der Waals surface area contributed by atoms with Crippen LogP contribution in [0, 0.1) is 0 Å². The van der Waals surface area contributed by atoms with Gasteiger partial charge in [-0.25, -0.2) is 9.59 Å². The van der Waals surface area contributed by atoms with Crippen LogP contribution in [0.3, 0.4) is 0 Å². The number of esters is 1. The predicted molar refractivity (Wildman–Crippen MR) is 129 cm³/mol. The number of ether oxygens (including phenoxy) is 6. The van der Waals surface area contributed by atoms with Gasteiger partial charge in [0.25, 0.3) is 0 Å². The maximum absolute atomic E-state index is 13.5. The lowest BCUT2D eigenvalue weighted by molar-refractivity contribution is -0.146. The fourth-order valence-electron chi connectivity index (χ4n) is 3.53. The second-order valence-electron chi connectivity index (χ2n) is 9.01. The van der Waals surface area contributed by atoms with Crippen molar-refractivity contribution in [2.45, 2.75) is 44.6 Å². The molecule has 3 rings (SSSR count). The minimum atomic E-state index is -1.36. The molecule has 1 heterocycles. The van der Waals surface area contributed by atoms with E-state index in [2.05, 4.69) is 5.32 Å². The summed E-state index contributed by atoms with van der Waals surface area (Å²) in [6.45, 7) is 5.27. The summed E-state index contributed by atoms with van der Waals surface area (Å²) in [5.74, 6) is 0.0941. The van der Waals surface area contributed by atoms with Gasteiger partial charge in [0, 0.05) is 5.56 Å². The Morgan fingerprint density at radius 2 is 1.72 bits per heavy atom. The summed E-state index contributed by atoms with van der Waals surface area (Å²) in [7, 11) is 4.19. The lowest BCUT2D eigenvalue weighted by Gasteiger charge is -2.33. The van der Waals surface area contributed by atoms with E-state index in [9.17, 15) is 14.4 Å². The summed E-state index contributed by atoms with van der Waals surface area (Å²) < 4.78 is 32.6. The van der Waals surface area contributed by atoms with Crippen LogP contribution >= 0.6 is 0 Å². The molecule has 0 spiro atoms. The number of fused-ring (bicyclic) bond motifs is 1. The highest BCUT2D eigenvalue weighted by molar-refractivity contribution is 6.04. The first-order valence-electron chi connectivity index (χ1n) is 11.3. The molecule has 0 bridgehead atoms. The third kappa shape index (κ3) is 6.45. The van der Waals surface area contributed by atoms with Gasteiger partial charge in [0.15, 0.2) is 12.1 Å². The van der Waals surface area contributed by atoms with Crippen LogP contribution in [0.5, 0.6) is 17.2 Å². The van der Waals surface area contributed by atoms with Crippen molar-refractivity contribution in [1.82, 2.24) is 5.32 Å². The summed E-state index contributed by atoms with van der Waals surface area (Å²) in [5.41, 5.74) is 0.195. The van der Waals surface area contributed by atoms with Crippen molar-refractivity contribution < 1.29 is 42.8 Å². The molecule has 1 amide bonds. The molecule has 194 valence electrons. The van der Waals surface area contributed by atoms with E-state index in [1.54, 1.807) is 36.4 Å². The summed E-state index contributed by atoms with van der Waals surface area (Å²) in [6.07, 6.45) is -3.34. The summed E-state index contributed by atoms with van der Waals surface area (Å²) in [6, 6.07) is 10.6. The Morgan fingerprint density at radius 3 is 2.36 bits per heavy atom. The second kappa shape index (κ2) is 11.3. The first kappa shape index (κ1) is 26.8. The van der Waals surface area contributed by atoms with E-state index < -0.39 is 41.7 Å². The number of amides is 1. The van der Waals surface area contributed by atoms with Crippen LogP contribution in [-0.4, -0.2) is 63.5 Å². The molecule has 2 aromatic carbocycles. The highest BCUT2D eigenvalue weighted by atomic mass is 16.6. The van der Waals surface area contributed by atoms with E-state index in [-0.39, 0.29) is 12.2 Å². The van der Waals surface area contributed by atoms with Crippen LogP contribution in [0.15, 0.2) is 42.5 Å². The van der Waals surface area contributed by atoms with Crippen LogP contribution in [0.2, 0.25) is 0 Å². The normalized spacial score (nSPS) is 17.8. The number of carbonyl (C=O) groups excluding carboxylic acids is 3. The van der Waals surface area contributed by atoms with E-state index in [0.717, 1.165) is 0 Å². The first-order valence-corrected chi connectivity index (χ1v) is 11.3. The Morgan fingerprint density at radius 1 is 1.03 bits per heavy atom. The number of hydrogen-bond donors (Lipinski definition) is 1. The van der Waals surface area contributed by atoms with Crippen LogP contribution in [0.4, 0.5) is 4.79 Å². The van der Waals surface area contributed by atoms with Crippen molar-refractivity contribution in [2.75, 3.05) is 27.9 Å². The van der Waals surface area contributed by atoms with Crippen LogP contribution < -0.4 is 19.5 Å². The topological polar surface area (TPSA) is 119 Å². The predicted octanol–water partition coefficient (Wildman–Crippen LogP) is 3.47. The van der Waals surface area contributed by atoms with E-state index in [4.69, 9.17) is 28.4 Å². The maximum atomic E-state index is 13.5. The zero-order valence-corrected chi connectivity index (χ0v) is 21.2. The lowest BCUT2D eigenvalue weighted by Crippen LogP contribution is -2.49. The molecule has 1 aliphatic heterocycles. The van der Waals surface area contributed by atoms with Crippen molar-refractivity contribution in [2.24, 2.45) is 0 Å². The average molecular weight is 502 g/mol. The van der Waals surface area contributed by atoms with E-state index in [0.29, 0.717) is 22.8 Å². The number of rotatable bonds is 8. The number of Topliss-reactive ketones (excluding diaryl/α,β-unsaturated/α-hetero) is 1. The molecule has 0 saturated heterocycles. The minimum Gasteiger partial charge on any atom is -0.497 e. The molecule has 0 fully saturated rings. The molecule has 1 aliphatic rings. The van der Waals surface area contributed by atoms with Gasteiger partial charge in [-0.15, -0.1) is 0 Å². The van der Waals surface area contributed by atoms with Gasteiger partial charge in [-0.3, -0.25) is 4.79 Å². The highest BCUT2D eigenvalue weighted by Gasteiger charge is 2.42. The molecule has 10 nitrogen and oxygen atoms in total. The zero-order chi connectivity index (χ0) is 26.5. The van der Waals surface area contributed by atoms with Gasteiger partial charge < -0.3 is 33.7 Å². The number of alkyl carbamates (subject to hydrolysis) is 1. The summed E-state index contributed by atoms with van der Waals surface area (Å²) in [5, 5.41) is 2.43. The fourth-order valence-corrected chi connectivity index (χ4v) is 3.53. The summed E-state index contributed by atoms with van der Waals surface area (Å²) >= 11 is 0. The molecule has 0 aliphatic carbocycles. The van der Waals surface area contributed by atoms with Gasteiger partial charge >= 0.3 is 12.1 Å². The smallest absolute Gasteiger partial charge is 0.408 e. The Bertz CT molecular complexity index is 1110. The van der Waals surface area contributed by atoms with Gasteiger partial charge in [-0.05, 0) is 51.1 Å². The number of ketones is 1. The molecule has 2 aromatic rings. The van der Waals surface area contributed by atoms with E-state index in [1.807, 2.05) is 20.8 Å². The molecular weight excluding hydrogens is 470 g/mol. The molecule has 0 radical (unpaired) electrons. The Labute approximate surface area is 209 Å². The third-order valence-electron chi connectivity index (χ3n) is 5.36. The van der Waals surface area contributed by atoms with Crippen molar-refractivity contribution in [3.63, 3.8) is 0 Å². The van der Waals surface area contributed by atoms with Gasteiger partial charge in [-0.2, -0.15) is 0 Å².